The molecule has 0 heterocycles. The number of benzene rings is 1. The zero-order chi connectivity index (χ0) is 12.9. The van der Waals surface area contributed by atoms with E-state index in [1.165, 1.54) is 5.56 Å². The van der Waals surface area contributed by atoms with Crippen LogP contribution < -0.4 is 5.32 Å². The molecular weight excluding hydrogens is 302 g/mol. The van der Waals surface area contributed by atoms with Crippen LogP contribution in [-0.2, 0) is 6.54 Å². The fourth-order valence-corrected chi connectivity index (χ4v) is 2.43. The monoisotopic (exact) mass is 319 g/mol. The van der Waals surface area contributed by atoms with E-state index in [0.717, 1.165) is 28.9 Å². The number of hydrogen-bond acceptors (Lipinski definition) is 2. The summed E-state index contributed by atoms with van der Waals surface area (Å²) in [6.45, 7) is 5.23. The molecule has 1 unspecified atom stereocenters. The van der Waals surface area contributed by atoms with Gasteiger partial charge in [0.2, 0.25) is 0 Å². The van der Waals surface area contributed by atoms with Crippen molar-refractivity contribution in [3.8, 4) is 0 Å². The lowest BCUT2D eigenvalue weighted by Gasteiger charge is -2.29. The van der Waals surface area contributed by atoms with Crippen LogP contribution >= 0.6 is 27.5 Å². The number of halogens is 2. The smallest absolute Gasteiger partial charge is 0.0448 e. The molecule has 4 heteroatoms. The molecule has 2 N–H and O–H groups in total. The molecule has 1 aromatic rings. The number of rotatable bonds is 6. The van der Waals surface area contributed by atoms with Crippen LogP contribution in [0.2, 0.25) is 5.02 Å². The Morgan fingerprint density at radius 3 is 2.71 bits per heavy atom. The van der Waals surface area contributed by atoms with E-state index in [2.05, 4.69) is 35.1 Å². The first-order chi connectivity index (χ1) is 8.00. The van der Waals surface area contributed by atoms with Crippen LogP contribution in [-0.4, -0.2) is 17.3 Å². The topological polar surface area (TPSA) is 32.3 Å². The maximum atomic E-state index is 9.05. The van der Waals surface area contributed by atoms with E-state index in [1.54, 1.807) is 0 Å². The Labute approximate surface area is 117 Å². The summed E-state index contributed by atoms with van der Waals surface area (Å²) >= 11 is 9.40. The minimum absolute atomic E-state index is 0.0200. The van der Waals surface area contributed by atoms with Crippen molar-refractivity contribution in [2.45, 2.75) is 38.8 Å². The molecule has 0 fully saturated rings. The van der Waals surface area contributed by atoms with Crippen molar-refractivity contribution in [2.24, 2.45) is 0 Å². The van der Waals surface area contributed by atoms with Crippen LogP contribution in [0.4, 0.5) is 0 Å². The number of aliphatic hydroxyl groups excluding tert-OH is 1. The van der Waals surface area contributed by atoms with Gasteiger partial charge in [0, 0.05) is 28.2 Å². The third-order valence-corrected chi connectivity index (χ3v) is 4.14. The first-order valence-electron chi connectivity index (χ1n) is 5.80. The van der Waals surface area contributed by atoms with E-state index in [-0.39, 0.29) is 12.1 Å². The molecule has 0 saturated heterocycles. The van der Waals surface area contributed by atoms with Gasteiger partial charge in [-0.15, -0.1) is 0 Å². The first-order valence-corrected chi connectivity index (χ1v) is 6.97. The highest BCUT2D eigenvalue weighted by Crippen LogP contribution is 2.23. The van der Waals surface area contributed by atoms with Gasteiger partial charge in [0.05, 0.1) is 0 Å². The van der Waals surface area contributed by atoms with Gasteiger partial charge in [-0.1, -0.05) is 40.5 Å². The van der Waals surface area contributed by atoms with Crippen molar-refractivity contribution in [1.82, 2.24) is 5.32 Å². The Morgan fingerprint density at radius 1 is 1.47 bits per heavy atom. The summed E-state index contributed by atoms with van der Waals surface area (Å²) in [5, 5.41) is 13.3. The average Bonchev–Trinajstić information content (AvgIpc) is 2.28. The summed E-state index contributed by atoms with van der Waals surface area (Å²) in [4.78, 5) is 0. The van der Waals surface area contributed by atoms with Crippen molar-refractivity contribution in [1.29, 1.82) is 0 Å². The second-order valence-corrected chi connectivity index (χ2v) is 5.77. The van der Waals surface area contributed by atoms with Crippen molar-refractivity contribution in [3.05, 3.63) is 33.3 Å². The standard InChI is InChI=1S/C13H19BrClNO/c1-3-13(2,6-7-17)16-9-10-4-5-11(15)8-12(10)14/h4-5,8,16-17H,3,6-7,9H2,1-2H3. The molecular formula is C13H19BrClNO. The van der Waals surface area contributed by atoms with E-state index in [9.17, 15) is 0 Å². The van der Waals surface area contributed by atoms with Crippen molar-refractivity contribution >= 4 is 27.5 Å². The Bertz CT molecular complexity index is 372. The summed E-state index contributed by atoms with van der Waals surface area (Å²) in [7, 11) is 0. The summed E-state index contributed by atoms with van der Waals surface area (Å²) in [6, 6.07) is 5.79. The molecule has 0 bridgehead atoms. The number of hydrogen-bond donors (Lipinski definition) is 2. The van der Waals surface area contributed by atoms with Crippen molar-refractivity contribution in [3.63, 3.8) is 0 Å². The molecule has 0 aromatic heterocycles. The van der Waals surface area contributed by atoms with Gasteiger partial charge in [-0.3, -0.25) is 0 Å². The minimum Gasteiger partial charge on any atom is -0.396 e. The van der Waals surface area contributed by atoms with Gasteiger partial charge in [0.25, 0.3) is 0 Å². The third-order valence-electron chi connectivity index (χ3n) is 3.16. The molecule has 17 heavy (non-hydrogen) atoms. The second kappa shape index (κ2) is 6.74. The Morgan fingerprint density at radius 2 is 2.18 bits per heavy atom. The van der Waals surface area contributed by atoms with Gasteiger partial charge < -0.3 is 10.4 Å². The Hall–Kier alpha value is -0.0900. The zero-order valence-corrected chi connectivity index (χ0v) is 12.6. The van der Waals surface area contributed by atoms with E-state index in [1.807, 2.05) is 18.2 Å². The quantitative estimate of drug-likeness (QED) is 0.837. The van der Waals surface area contributed by atoms with Gasteiger partial charge >= 0.3 is 0 Å². The highest BCUT2D eigenvalue weighted by Gasteiger charge is 2.20. The highest BCUT2D eigenvalue weighted by molar-refractivity contribution is 9.10. The average molecular weight is 321 g/mol. The normalized spacial score (nSPS) is 14.6. The van der Waals surface area contributed by atoms with Crippen LogP contribution in [0.3, 0.4) is 0 Å². The van der Waals surface area contributed by atoms with Crippen LogP contribution in [0.1, 0.15) is 32.3 Å². The van der Waals surface area contributed by atoms with Crippen LogP contribution in [0.5, 0.6) is 0 Å². The van der Waals surface area contributed by atoms with Crippen LogP contribution in [0.15, 0.2) is 22.7 Å². The van der Waals surface area contributed by atoms with Crippen molar-refractivity contribution in [2.75, 3.05) is 6.61 Å². The maximum Gasteiger partial charge on any atom is 0.0448 e. The molecule has 0 saturated carbocycles. The Kier molecular flexibility index (Phi) is 5.93. The predicted octanol–water partition coefficient (Wildman–Crippen LogP) is 3.74. The summed E-state index contributed by atoms with van der Waals surface area (Å²) in [5.41, 5.74) is 1.15. The lowest BCUT2D eigenvalue weighted by atomic mass is 9.94. The van der Waals surface area contributed by atoms with Crippen molar-refractivity contribution < 1.29 is 5.11 Å². The third kappa shape index (κ3) is 4.59. The molecule has 0 aliphatic rings. The largest absolute Gasteiger partial charge is 0.396 e. The van der Waals surface area contributed by atoms with E-state index >= 15 is 0 Å². The lowest BCUT2D eigenvalue weighted by Crippen LogP contribution is -2.42. The molecule has 0 spiro atoms. The van der Waals surface area contributed by atoms with Crippen LogP contribution in [0, 0.1) is 0 Å². The minimum atomic E-state index is -0.0200. The van der Waals surface area contributed by atoms with E-state index in [4.69, 9.17) is 16.7 Å². The summed E-state index contributed by atoms with van der Waals surface area (Å²) in [5.74, 6) is 0. The number of aliphatic hydroxyl groups is 1. The molecule has 96 valence electrons. The van der Waals surface area contributed by atoms with E-state index in [0.29, 0.717) is 0 Å². The highest BCUT2D eigenvalue weighted by atomic mass is 79.9. The molecule has 0 aliphatic carbocycles. The molecule has 0 aliphatic heterocycles. The molecule has 1 rings (SSSR count). The van der Waals surface area contributed by atoms with Gasteiger partial charge in [0.15, 0.2) is 0 Å². The van der Waals surface area contributed by atoms with Gasteiger partial charge in [-0.25, -0.2) is 0 Å². The molecule has 2 nitrogen and oxygen atoms in total. The van der Waals surface area contributed by atoms with Crippen LogP contribution in [0.25, 0.3) is 0 Å². The SMILES string of the molecule is CCC(C)(CCO)NCc1ccc(Cl)cc1Br. The van der Waals surface area contributed by atoms with Gasteiger partial charge in [0.1, 0.15) is 0 Å². The molecule has 0 radical (unpaired) electrons. The molecule has 0 amide bonds. The first kappa shape index (κ1) is 15.0. The molecule has 1 atom stereocenters. The van der Waals surface area contributed by atoms with Gasteiger partial charge in [-0.05, 0) is 37.5 Å². The van der Waals surface area contributed by atoms with E-state index < -0.39 is 0 Å². The summed E-state index contributed by atoms with van der Waals surface area (Å²) < 4.78 is 1.01. The van der Waals surface area contributed by atoms with Gasteiger partial charge in [-0.2, -0.15) is 0 Å². The fourth-order valence-electron chi connectivity index (χ4n) is 1.61. The predicted molar refractivity (Wildman–Crippen MR) is 76.4 cm³/mol. The number of nitrogens with one attached hydrogen (secondary N) is 1. The summed E-state index contributed by atoms with van der Waals surface area (Å²) in [6.07, 6.45) is 1.74. The zero-order valence-electron chi connectivity index (χ0n) is 10.3. The Balaban J connectivity index is 2.65. The fraction of sp³-hybridized carbons (Fsp3) is 0.538. The maximum absolute atomic E-state index is 9.05. The lowest BCUT2D eigenvalue weighted by molar-refractivity contribution is 0.214. The molecule has 1 aromatic carbocycles. The second-order valence-electron chi connectivity index (χ2n) is 4.48.